The highest BCUT2D eigenvalue weighted by molar-refractivity contribution is 6.32. The number of phenols is 2. The maximum Gasteiger partial charge on any atom is 0.342 e. The van der Waals surface area contributed by atoms with Crippen molar-refractivity contribution in [1.29, 1.82) is 0 Å². The van der Waals surface area contributed by atoms with Crippen molar-refractivity contribution < 1.29 is 29.3 Å². The Balaban J connectivity index is 1.75. The Morgan fingerprint density at radius 3 is 2.41 bits per heavy atom. The Morgan fingerprint density at radius 2 is 1.76 bits per heavy atom. The number of hydrogen-bond acceptors (Lipinski definition) is 6. The van der Waals surface area contributed by atoms with Gasteiger partial charge in [-0.2, -0.15) is 0 Å². The van der Waals surface area contributed by atoms with Crippen molar-refractivity contribution in [2.75, 3.05) is 12.4 Å². The normalized spacial score (nSPS) is 11.7. The average molecular weight is 416 g/mol. The van der Waals surface area contributed by atoms with E-state index >= 15 is 0 Å². The molecule has 3 N–H and O–H groups in total. The van der Waals surface area contributed by atoms with Gasteiger partial charge in [0.25, 0.3) is 5.91 Å². The quantitative estimate of drug-likeness (QED) is 0.428. The fourth-order valence-corrected chi connectivity index (χ4v) is 3.02. The second-order valence-electron chi connectivity index (χ2n) is 6.22. The van der Waals surface area contributed by atoms with Gasteiger partial charge in [0.2, 0.25) is 0 Å². The zero-order valence-corrected chi connectivity index (χ0v) is 16.4. The third kappa shape index (κ3) is 4.20. The minimum Gasteiger partial charge on any atom is -0.507 e. The number of aromatic hydroxyl groups is 2. The van der Waals surface area contributed by atoms with Gasteiger partial charge in [-0.05, 0) is 31.2 Å². The van der Waals surface area contributed by atoms with E-state index in [9.17, 15) is 19.8 Å². The Hall–Kier alpha value is -3.45. The van der Waals surface area contributed by atoms with Gasteiger partial charge in [-0.1, -0.05) is 35.9 Å². The van der Waals surface area contributed by atoms with Crippen molar-refractivity contribution in [3.05, 3.63) is 59.1 Å². The van der Waals surface area contributed by atoms with Gasteiger partial charge in [0.1, 0.15) is 22.8 Å². The van der Waals surface area contributed by atoms with Crippen LogP contribution in [-0.2, 0) is 9.53 Å². The summed E-state index contributed by atoms with van der Waals surface area (Å²) in [5.41, 5.74) is 0.156. The highest BCUT2D eigenvalue weighted by Gasteiger charge is 2.23. The number of ether oxygens (including phenoxy) is 2. The molecule has 0 spiro atoms. The molecule has 0 radical (unpaired) electrons. The number of amides is 1. The van der Waals surface area contributed by atoms with Gasteiger partial charge in [-0.25, -0.2) is 4.79 Å². The van der Waals surface area contributed by atoms with Crippen LogP contribution in [0.5, 0.6) is 17.2 Å². The van der Waals surface area contributed by atoms with Crippen LogP contribution in [-0.4, -0.2) is 35.3 Å². The first-order valence-corrected chi connectivity index (χ1v) is 8.98. The van der Waals surface area contributed by atoms with Gasteiger partial charge in [0, 0.05) is 16.5 Å². The molecule has 7 nitrogen and oxygen atoms in total. The van der Waals surface area contributed by atoms with E-state index in [1.165, 1.54) is 20.1 Å². The number of rotatable bonds is 5. The molecule has 0 heterocycles. The molecule has 3 rings (SSSR count). The number of phenolic OH excluding ortho intramolecular Hbond substituents is 2. The van der Waals surface area contributed by atoms with Crippen LogP contribution < -0.4 is 10.1 Å². The molecule has 0 aliphatic carbocycles. The summed E-state index contributed by atoms with van der Waals surface area (Å²) in [4.78, 5) is 24.8. The Bertz CT molecular complexity index is 1100. The molecule has 1 amide bonds. The summed E-state index contributed by atoms with van der Waals surface area (Å²) in [5.74, 6) is -1.60. The van der Waals surface area contributed by atoms with Crippen LogP contribution in [0.2, 0.25) is 5.02 Å². The smallest absolute Gasteiger partial charge is 0.342 e. The van der Waals surface area contributed by atoms with E-state index in [0.29, 0.717) is 27.2 Å². The molecule has 3 aromatic carbocycles. The molecule has 150 valence electrons. The number of esters is 1. The summed E-state index contributed by atoms with van der Waals surface area (Å²) in [6.07, 6.45) is -1.17. The zero-order valence-electron chi connectivity index (χ0n) is 15.6. The van der Waals surface area contributed by atoms with E-state index in [4.69, 9.17) is 21.1 Å². The molecule has 3 aromatic rings. The van der Waals surface area contributed by atoms with Crippen LogP contribution in [0, 0.1) is 0 Å². The molecule has 0 saturated heterocycles. The van der Waals surface area contributed by atoms with Gasteiger partial charge in [-0.3, -0.25) is 4.79 Å². The second kappa shape index (κ2) is 8.28. The summed E-state index contributed by atoms with van der Waals surface area (Å²) in [6, 6.07) is 12.3. The highest BCUT2D eigenvalue weighted by atomic mass is 35.5. The Kier molecular flexibility index (Phi) is 5.79. The molecular formula is C21H18ClNO6. The fourth-order valence-electron chi connectivity index (χ4n) is 2.76. The van der Waals surface area contributed by atoms with E-state index in [1.807, 2.05) is 0 Å². The molecule has 0 unspecified atom stereocenters. The zero-order chi connectivity index (χ0) is 21.1. The van der Waals surface area contributed by atoms with Crippen LogP contribution in [0.3, 0.4) is 0 Å². The molecule has 0 bridgehead atoms. The molecule has 0 aliphatic heterocycles. The molecule has 8 heteroatoms. The van der Waals surface area contributed by atoms with Gasteiger partial charge in [0.15, 0.2) is 6.10 Å². The SMILES string of the molecule is COc1ccc(NC(=O)[C@H](C)OC(=O)c2cc(O)c3ccccc3c2O)cc1Cl. The van der Waals surface area contributed by atoms with E-state index in [2.05, 4.69) is 5.32 Å². The van der Waals surface area contributed by atoms with Gasteiger partial charge in [-0.15, -0.1) is 0 Å². The molecule has 0 saturated carbocycles. The lowest BCUT2D eigenvalue weighted by Crippen LogP contribution is -2.30. The monoisotopic (exact) mass is 415 g/mol. The van der Waals surface area contributed by atoms with Crippen molar-refractivity contribution in [2.45, 2.75) is 13.0 Å². The number of carbonyl (C=O) groups is 2. The molecule has 0 fully saturated rings. The third-order valence-electron chi connectivity index (χ3n) is 4.29. The van der Waals surface area contributed by atoms with E-state index in [-0.39, 0.29) is 17.1 Å². The van der Waals surface area contributed by atoms with Gasteiger partial charge >= 0.3 is 5.97 Å². The standard InChI is InChI=1S/C21H18ClNO6/c1-11(20(26)23-12-7-8-18(28-2)16(22)9-12)29-21(27)15-10-17(24)13-5-3-4-6-14(13)19(15)25/h3-11,24-25H,1-2H3,(H,23,26)/t11-/m0/s1. The number of methoxy groups -OCH3 is 1. The van der Waals surface area contributed by atoms with Crippen LogP contribution in [0.4, 0.5) is 5.69 Å². The lowest BCUT2D eigenvalue weighted by atomic mass is 10.0. The number of halogens is 1. The third-order valence-corrected chi connectivity index (χ3v) is 4.58. The van der Waals surface area contributed by atoms with Crippen LogP contribution in [0.15, 0.2) is 48.5 Å². The molecule has 0 aromatic heterocycles. The molecule has 0 aliphatic rings. The summed E-state index contributed by atoms with van der Waals surface area (Å²) in [6.45, 7) is 1.39. The summed E-state index contributed by atoms with van der Waals surface area (Å²) < 4.78 is 10.2. The van der Waals surface area contributed by atoms with Crippen molar-refractivity contribution in [1.82, 2.24) is 0 Å². The number of benzene rings is 3. The number of hydrogen-bond donors (Lipinski definition) is 3. The van der Waals surface area contributed by atoms with Crippen LogP contribution in [0.1, 0.15) is 17.3 Å². The molecule has 29 heavy (non-hydrogen) atoms. The minimum atomic E-state index is -1.17. The average Bonchev–Trinajstić information content (AvgIpc) is 2.70. The van der Waals surface area contributed by atoms with Crippen LogP contribution >= 0.6 is 11.6 Å². The fraction of sp³-hybridized carbons (Fsp3) is 0.143. The maximum atomic E-state index is 12.5. The maximum absolute atomic E-state index is 12.5. The van der Waals surface area contributed by atoms with E-state index in [0.717, 1.165) is 6.07 Å². The van der Waals surface area contributed by atoms with Crippen molar-refractivity contribution in [3.63, 3.8) is 0 Å². The predicted molar refractivity (Wildman–Crippen MR) is 109 cm³/mol. The summed E-state index contributed by atoms with van der Waals surface area (Å²) in [7, 11) is 1.47. The van der Waals surface area contributed by atoms with Gasteiger partial charge in [0.05, 0.1) is 12.1 Å². The van der Waals surface area contributed by atoms with Gasteiger partial charge < -0.3 is 25.0 Å². The lowest BCUT2D eigenvalue weighted by molar-refractivity contribution is -0.123. The predicted octanol–water partition coefficient (Wildman–Crippen LogP) is 4.10. The van der Waals surface area contributed by atoms with Crippen molar-refractivity contribution in [3.8, 4) is 17.2 Å². The summed E-state index contributed by atoms with van der Waals surface area (Å²) >= 11 is 6.02. The largest absolute Gasteiger partial charge is 0.507 e. The lowest BCUT2D eigenvalue weighted by Gasteiger charge is -2.15. The molecular weight excluding hydrogens is 398 g/mol. The first kappa shape index (κ1) is 20.3. The number of carbonyl (C=O) groups excluding carboxylic acids is 2. The second-order valence-corrected chi connectivity index (χ2v) is 6.63. The number of anilines is 1. The minimum absolute atomic E-state index is 0.185. The Morgan fingerprint density at radius 1 is 1.07 bits per heavy atom. The topological polar surface area (TPSA) is 105 Å². The number of fused-ring (bicyclic) bond motifs is 1. The first-order valence-electron chi connectivity index (χ1n) is 8.61. The van der Waals surface area contributed by atoms with Crippen molar-refractivity contribution >= 4 is 39.9 Å². The van der Waals surface area contributed by atoms with E-state index in [1.54, 1.807) is 36.4 Å². The Labute approximate surface area is 171 Å². The van der Waals surface area contributed by atoms with Crippen molar-refractivity contribution in [2.24, 2.45) is 0 Å². The molecule has 1 atom stereocenters. The summed E-state index contributed by atoms with van der Waals surface area (Å²) in [5, 5.41) is 24.1. The number of nitrogens with one attached hydrogen (secondary N) is 1. The van der Waals surface area contributed by atoms with Crippen LogP contribution in [0.25, 0.3) is 10.8 Å². The van der Waals surface area contributed by atoms with E-state index < -0.39 is 18.0 Å². The first-order chi connectivity index (χ1) is 13.8. The highest BCUT2D eigenvalue weighted by Crippen LogP contribution is 2.35.